The molecule has 1 spiro atoms. The Morgan fingerprint density at radius 3 is 1.87 bits per heavy atom. The van der Waals surface area contributed by atoms with Crippen molar-refractivity contribution in [3.63, 3.8) is 0 Å². The van der Waals surface area contributed by atoms with Gasteiger partial charge in [-0.1, -0.05) is 38.8 Å². The third kappa shape index (κ3) is 7.10. The van der Waals surface area contributed by atoms with Gasteiger partial charge in [0.2, 0.25) is 0 Å². The van der Waals surface area contributed by atoms with Crippen molar-refractivity contribution in [2.75, 3.05) is 74.8 Å². The average Bonchev–Trinajstić information content (AvgIpc) is 3.40. The van der Waals surface area contributed by atoms with E-state index in [0.29, 0.717) is 64.9 Å². The minimum absolute atomic E-state index is 0.255. The fourth-order valence-electron chi connectivity index (χ4n) is 7.90. The Morgan fingerprint density at radius 2 is 1.30 bits per heavy atom. The van der Waals surface area contributed by atoms with Crippen molar-refractivity contribution in [3.8, 4) is 0 Å². The molecule has 1 amide bonds. The second-order valence-electron chi connectivity index (χ2n) is 14.9. The molecule has 2 fully saturated rings. The number of anilines is 2. The molecule has 1 N–H and O–H groups in total. The van der Waals surface area contributed by atoms with Gasteiger partial charge in [-0.2, -0.15) is 0 Å². The predicted molar refractivity (Wildman–Crippen MR) is 194 cm³/mol. The number of ether oxygens (including phenoxy) is 3. The number of nitrogens with one attached hydrogen (secondary N) is 1. The van der Waals surface area contributed by atoms with E-state index in [-0.39, 0.29) is 19.1 Å². The van der Waals surface area contributed by atoms with Gasteiger partial charge < -0.3 is 29.3 Å². The highest BCUT2D eigenvalue weighted by Crippen LogP contribution is 2.58. The molecule has 1 aliphatic carbocycles. The summed E-state index contributed by atoms with van der Waals surface area (Å²) in [7, 11) is 0. The van der Waals surface area contributed by atoms with E-state index in [1.165, 1.54) is 0 Å². The van der Waals surface area contributed by atoms with Gasteiger partial charge in [0.1, 0.15) is 0 Å². The molecule has 3 heterocycles. The summed E-state index contributed by atoms with van der Waals surface area (Å²) < 4.78 is 73.4. The lowest BCUT2D eigenvalue weighted by Crippen LogP contribution is -2.56. The summed E-state index contributed by atoms with van der Waals surface area (Å²) in [5.41, 5.74) is 2.81. The van der Waals surface area contributed by atoms with E-state index >= 15 is 0 Å². The van der Waals surface area contributed by atoms with E-state index in [4.69, 9.17) is 25.8 Å². The van der Waals surface area contributed by atoms with Crippen LogP contribution in [-0.4, -0.2) is 88.8 Å². The molecule has 2 saturated heterocycles. The van der Waals surface area contributed by atoms with Crippen molar-refractivity contribution < 1.29 is 41.4 Å². The second kappa shape index (κ2) is 14.4. The number of amides is 1. The van der Waals surface area contributed by atoms with E-state index < -0.39 is 55.0 Å². The van der Waals surface area contributed by atoms with Crippen molar-refractivity contribution in [1.29, 1.82) is 0 Å². The number of benzene rings is 3. The first-order valence-electron chi connectivity index (χ1n) is 18.2. The van der Waals surface area contributed by atoms with Crippen LogP contribution in [0.15, 0.2) is 54.6 Å². The lowest BCUT2D eigenvalue weighted by molar-refractivity contribution is -0.0268. The number of nitrogens with zero attached hydrogens (tertiary/aromatic N) is 2. The summed E-state index contributed by atoms with van der Waals surface area (Å²) in [6.45, 7) is 4.40. The number of fused-ring (bicyclic) bond motifs is 6. The number of unbranched alkanes of at least 4 members (excludes halogenated alkanes) is 3. The molecule has 7 rings (SSSR count). The molecule has 53 heavy (non-hydrogen) atoms. The maximum absolute atomic E-state index is 13.9. The van der Waals surface area contributed by atoms with Gasteiger partial charge in [0.05, 0.1) is 51.6 Å². The normalized spacial score (nSPS) is 19.5. The van der Waals surface area contributed by atoms with Crippen LogP contribution in [0.4, 0.5) is 28.9 Å². The van der Waals surface area contributed by atoms with Gasteiger partial charge in [-0.15, -0.1) is 11.6 Å². The quantitative estimate of drug-likeness (QED) is 0.0757. The van der Waals surface area contributed by atoms with Gasteiger partial charge >= 0.3 is 5.97 Å². The van der Waals surface area contributed by atoms with Crippen LogP contribution in [0.5, 0.6) is 0 Å². The van der Waals surface area contributed by atoms with Crippen molar-refractivity contribution in [1.82, 2.24) is 5.32 Å². The van der Waals surface area contributed by atoms with Crippen molar-refractivity contribution in [3.05, 3.63) is 93.5 Å². The Hall–Kier alpha value is -3.87. The van der Waals surface area contributed by atoms with E-state index in [9.17, 15) is 27.2 Å². The summed E-state index contributed by atoms with van der Waals surface area (Å²) in [5, 5.41) is 2.88. The Kier molecular flexibility index (Phi) is 10.2. The van der Waals surface area contributed by atoms with E-state index in [1.54, 1.807) is 40.1 Å². The number of alkyl halides is 5. The predicted octanol–water partition coefficient (Wildman–Crippen LogP) is 7.26. The van der Waals surface area contributed by atoms with Gasteiger partial charge in [-0.25, -0.2) is 22.4 Å². The first kappa shape index (κ1) is 37.4. The van der Waals surface area contributed by atoms with Crippen molar-refractivity contribution in [2.45, 2.75) is 62.4 Å². The van der Waals surface area contributed by atoms with Gasteiger partial charge in [0, 0.05) is 58.1 Å². The van der Waals surface area contributed by atoms with E-state index in [1.807, 2.05) is 38.1 Å². The number of halogens is 5. The minimum atomic E-state index is -2.78. The molecule has 0 bridgehead atoms. The summed E-state index contributed by atoms with van der Waals surface area (Å²) in [4.78, 5) is 30.3. The van der Waals surface area contributed by atoms with Gasteiger partial charge in [0.15, 0.2) is 5.60 Å². The average molecular weight is 758 g/mol. The van der Waals surface area contributed by atoms with E-state index in [0.717, 1.165) is 36.8 Å². The third-order valence-electron chi connectivity index (χ3n) is 10.7. The van der Waals surface area contributed by atoms with Crippen LogP contribution in [0.3, 0.4) is 0 Å². The van der Waals surface area contributed by atoms with Crippen molar-refractivity contribution >= 4 is 34.9 Å². The highest BCUT2D eigenvalue weighted by Gasteiger charge is 2.56. The van der Waals surface area contributed by atoms with Crippen LogP contribution >= 0.6 is 11.6 Å². The summed E-state index contributed by atoms with van der Waals surface area (Å²) in [6, 6.07) is 15.7. The molecule has 8 nitrogen and oxygen atoms in total. The van der Waals surface area contributed by atoms with Gasteiger partial charge in [0.25, 0.3) is 17.8 Å². The van der Waals surface area contributed by atoms with Crippen LogP contribution < -0.4 is 15.1 Å². The smallest absolute Gasteiger partial charge is 0.340 e. The molecule has 0 atom stereocenters. The molecular formula is C40H44ClF4N3O5. The summed E-state index contributed by atoms with van der Waals surface area (Å²) in [6.07, 6.45) is 4.15. The monoisotopic (exact) mass is 757 g/mol. The molecule has 4 aliphatic rings. The molecule has 0 saturated carbocycles. The van der Waals surface area contributed by atoms with Crippen LogP contribution in [0.25, 0.3) is 0 Å². The van der Waals surface area contributed by atoms with Crippen LogP contribution in [0, 0.1) is 0 Å². The highest BCUT2D eigenvalue weighted by atomic mass is 35.5. The maximum Gasteiger partial charge on any atom is 0.340 e. The molecule has 13 heteroatoms. The zero-order valence-electron chi connectivity index (χ0n) is 29.9. The van der Waals surface area contributed by atoms with Gasteiger partial charge in [-0.3, -0.25) is 4.79 Å². The van der Waals surface area contributed by atoms with Crippen molar-refractivity contribution in [2.24, 2.45) is 0 Å². The van der Waals surface area contributed by atoms with Gasteiger partial charge in [-0.05, 0) is 66.4 Å². The Labute approximate surface area is 311 Å². The number of hydrogen-bond donors (Lipinski definition) is 1. The molecule has 3 aromatic rings. The SMILES string of the molecule is CC1(C)c2cc(N3CC(F)(F)C3)ccc2C2(OC(=O)c3ccc(C(=O)NCCOCCOCCCCCCCl)cc32)c2ccc(N3CC(F)(F)C3)cc21. The molecule has 3 aromatic carbocycles. The first-order valence-corrected chi connectivity index (χ1v) is 18.7. The lowest BCUT2D eigenvalue weighted by Gasteiger charge is -2.47. The zero-order valence-corrected chi connectivity index (χ0v) is 30.7. The zero-order chi connectivity index (χ0) is 37.6. The van der Waals surface area contributed by atoms with Crippen LogP contribution in [0.2, 0.25) is 0 Å². The Morgan fingerprint density at radius 1 is 0.736 bits per heavy atom. The fourth-order valence-corrected chi connectivity index (χ4v) is 8.09. The molecule has 284 valence electrons. The summed E-state index contributed by atoms with van der Waals surface area (Å²) >= 11 is 5.70. The molecule has 0 aromatic heterocycles. The number of carbonyl (C=O) groups excluding carboxylic acids is 2. The number of esters is 1. The topological polar surface area (TPSA) is 80.3 Å². The Bertz CT molecular complexity index is 1800. The third-order valence-corrected chi connectivity index (χ3v) is 11.0. The minimum Gasteiger partial charge on any atom is -0.441 e. The fraction of sp³-hybridized carbons (Fsp3) is 0.500. The van der Waals surface area contributed by atoms with Crippen LogP contribution in [-0.2, 0) is 25.2 Å². The second-order valence-corrected chi connectivity index (χ2v) is 15.3. The largest absolute Gasteiger partial charge is 0.441 e. The highest BCUT2D eigenvalue weighted by molar-refractivity contribution is 6.17. The molecule has 3 aliphatic heterocycles. The standard InChI is InChI=1S/C40H44ClF4N3O5/c1-37(2)33-20-27(47-22-38(42,43)23-47)8-11-30(33)40(31-12-9-28(21-34(31)37)48-24-39(44,45)25-48)32-19-26(7-10-29(32)36(50)53-40)35(49)46-14-16-52-18-17-51-15-6-4-3-5-13-41/h7-12,19-21H,3-6,13-18,22-25H2,1-2H3,(H,46,49). The Balaban J connectivity index is 1.15. The maximum atomic E-state index is 13.9. The number of carbonyl (C=O) groups is 2. The number of hydrogen-bond acceptors (Lipinski definition) is 7. The first-order chi connectivity index (χ1) is 25.3. The van der Waals surface area contributed by atoms with Crippen LogP contribution in [0.1, 0.15) is 88.1 Å². The molecule has 0 unspecified atom stereocenters. The molecular weight excluding hydrogens is 714 g/mol. The van der Waals surface area contributed by atoms with E-state index in [2.05, 4.69) is 5.32 Å². The number of rotatable bonds is 15. The molecule has 0 radical (unpaired) electrons. The summed E-state index contributed by atoms with van der Waals surface area (Å²) in [5.74, 6) is -5.83. The lowest BCUT2D eigenvalue weighted by atomic mass is 9.61.